The molecule has 1 saturated heterocycles. The quantitative estimate of drug-likeness (QED) is 0.471. The first-order valence-corrected chi connectivity index (χ1v) is 4.86. The van der Waals surface area contributed by atoms with Gasteiger partial charge in [-0.3, -0.25) is 4.79 Å². The Morgan fingerprint density at radius 2 is 2.07 bits per heavy atom. The predicted octanol–water partition coefficient (Wildman–Crippen LogP) is -1.08. The third-order valence-corrected chi connectivity index (χ3v) is 2.06. The lowest BCUT2D eigenvalue weighted by Crippen LogP contribution is -2.37. The van der Waals surface area contributed by atoms with E-state index in [1.807, 2.05) is 0 Å². The number of piperidine rings is 1. The number of primary amides is 1. The average Bonchev–Trinajstić information content (AvgIpc) is 2.20. The van der Waals surface area contributed by atoms with Gasteiger partial charge in [0.1, 0.15) is 6.10 Å². The van der Waals surface area contributed by atoms with Crippen LogP contribution in [0.1, 0.15) is 19.8 Å². The molecule has 0 radical (unpaired) electrons. The van der Waals surface area contributed by atoms with Gasteiger partial charge in [-0.05, 0) is 26.3 Å². The zero-order valence-electron chi connectivity index (χ0n) is 8.77. The molecule has 6 nitrogen and oxygen atoms in total. The van der Waals surface area contributed by atoms with Crippen LogP contribution < -0.4 is 11.1 Å². The maximum Gasteiger partial charge on any atom is 0.332 e. The maximum atomic E-state index is 10.5. The number of aliphatic carboxylic acids is 1. The van der Waals surface area contributed by atoms with Gasteiger partial charge in [-0.15, -0.1) is 0 Å². The van der Waals surface area contributed by atoms with Crippen LogP contribution in [0.2, 0.25) is 0 Å². The number of carbonyl (C=O) groups is 2. The van der Waals surface area contributed by atoms with Gasteiger partial charge in [0.15, 0.2) is 0 Å². The Balaban J connectivity index is 0.000000288. The molecule has 15 heavy (non-hydrogen) atoms. The van der Waals surface area contributed by atoms with E-state index in [9.17, 15) is 9.59 Å². The van der Waals surface area contributed by atoms with E-state index in [0.29, 0.717) is 0 Å². The molecule has 0 aromatic carbocycles. The zero-order chi connectivity index (χ0) is 11.8. The number of carboxylic acids is 1. The summed E-state index contributed by atoms with van der Waals surface area (Å²) in [5.41, 5.74) is 5.09. The molecular formula is C9H18N2O4. The van der Waals surface area contributed by atoms with Gasteiger partial charge < -0.3 is 21.3 Å². The van der Waals surface area contributed by atoms with Crippen LogP contribution in [-0.4, -0.2) is 41.3 Å². The van der Waals surface area contributed by atoms with Crippen LogP contribution >= 0.6 is 0 Å². The molecule has 0 spiro atoms. The van der Waals surface area contributed by atoms with E-state index in [-0.39, 0.29) is 11.8 Å². The molecule has 0 aliphatic carbocycles. The Kier molecular flexibility index (Phi) is 6.64. The topological polar surface area (TPSA) is 113 Å². The van der Waals surface area contributed by atoms with Crippen LogP contribution in [0.15, 0.2) is 0 Å². The molecule has 2 atom stereocenters. The van der Waals surface area contributed by atoms with Gasteiger partial charge >= 0.3 is 5.97 Å². The zero-order valence-corrected chi connectivity index (χ0v) is 8.77. The molecule has 5 N–H and O–H groups in total. The first kappa shape index (κ1) is 13.9. The highest BCUT2D eigenvalue weighted by Crippen LogP contribution is 2.07. The molecule has 6 heteroatoms. The smallest absolute Gasteiger partial charge is 0.332 e. The minimum Gasteiger partial charge on any atom is -0.479 e. The summed E-state index contributed by atoms with van der Waals surface area (Å²) < 4.78 is 0. The highest BCUT2D eigenvalue weighted by Gasteiger charge is 2.17. The second kappa shape index (κ2) is 7.19. The average molecular weight is 218 g/mol. The summed E-state index contributed by atoms with van der Waals surface area (Å²) in [4.78, 5) is 20.0. The fraction of sp³-hybridized carbons (Fsp3) is 0.778. The largest absolute Gasteiger partial charge is 0.479 e. The second-order valence-corrected chi connectivity index (χ2v) is 3.46. The minimum absolute atomic E-state index is 0.0822. The lowest BCUT2D eigenvalue weighted by molar-refractivity contribution is -0.145. The summed E-state index contributed by atoms with van der Waals surface area (Å²) in [5, 5.41) is 18.9. The molecule has 0 aromatic heterocycles. The van der Waals surface area contributed by atoms with Crippen molar-refractivity contribution in [3.8, 4) is 0 Å². The normalized spacial score (nSPS) is 22.1. The molecule has 88 valence electrons. The van der Waals surface area contributed by atoms with Crippen LogP contribution in [0.4, 0.5) is 0 Å². The number of amides is 1. The third kappa shape index (κ3) is 6.87. The van der Waals surface area contributed by atoms with Crippen molar-refractivity contribution < 1.29 is 19.8 Å². The lowest BCUT2D eigenvalue weighted by Gasteiger charge is -2.18. The van der Waals surface area contributed by atoms with Crippen molar-refractivity contribution in [3.05, 3.63) is 0 Å². The monoisotopic (exact) mass is 218 g/mol. The second-order valence-electron chi connectivity index (χ2n) is 3.46. The molecule has 0 saturated carbocycles. The summed E-state index contributed by atoms with van der Waals surface area (Å²) in [7, 11) is 0. The number of hydrogen-bond donors (Lipinski definition) is 4. The van der Waals surface area contributed by atoms with Crippen LogP contribution in [0.3, 0.4) is 0 Å². The van der Waals surface area contributed by atoms with Crippen LogP contribution in [0.5, 0.6) is 0 Å². The van der Waals surface area contributed by atoms with Crippen molar-refractivity contribution in [1.82, 2.24) is 5.32 Å². The van der Waals surface area contributed by atoms with Crippen LogP contribution in [-0.2, 0) is 9.59 Å². The molecule has 1 fully saturated rings. The molecule has 1 amide bonds. The molecule has 1 heterocycles. The minimum atomic E-state index is -1.23. The molecule has 0 aromatic rings. The Morgan fingerprint density at radius 3 is 2.27 bits per heavy atom. The lowest BCUT2D eigenvalue weighted by atomic mass is 9.99. The molecule has 1 rings (SSSR count). The van der Waals surface area contributed by atoms with Crippen molar-refractivity contribution >= 4 is 11.9 Å². The molecular weight excluding hydrogens is 200 g/mol. The maximum absolute atomic E-state index is 10.5. The van der Waals surface area contributed by atoms with E-state index in [4.69, 9.17) is 15.9 Å². The van der Waals surface area contributed by atoms with E-state index in [1.54, 1.807) is 0 Å². The standard InChI is InChI=1S/C6H12N2O.C3H6O3/c7-6(9)5-2-1-3-8-4-5;1-2(4)3(5)6/h5,8H,1-4H2,(H2,7,9);2,4H,1H3,(H,5,6)/t;2-/m.0/s1. The van der Waals surface area contributed by atoms with Gasteiger partial charge in [0.05, 0.1) is 5.92 Å². The Hall–Kier alpha value is -1.14. The van der Waals surface area contributed by atoms with Gasteiger partial charge in [0.25, 0.3) is 0 Å². The van der Waals surface area contributed by atoms with E-state index >= 15 is 0 Å². The number of nitrogens with one attached hydrogen (secondary N) is 1. The number of nitrogens with two attached hydrogens (primary N) is 1. The molecule has 1 unspecified atom stereocenters. The molecule has 0 bridgehead atoms. The Morgan fingerprint density at radius 1 is 1.53 bits per heavy atom. The van der Waals surface area contributed by atoms with Crippen molar-refractivity contribution in [2.45, 2.75) is 25.9 Å². The SMILES string of the molecule is C[C@H](O)C(=O)O.NC(=O)C1CCCNC1. The Bertz CT molecular complexity index is 212. The number of carboxylic acid groups (broad SMARTS) is 1. The van der Waals surface area contributed by atoms with E-state index in [0.717, 1.165) is 25.9 Å². The predicted molar refractivity (Wildman–Crippen MR) is 54.1 cm³/mol. The third-order valence-electron chi connectivity index (χ3n) is 2.06. The first-order valence-electron chi connectivity index (χ1n) is 4.86. The fourth-order valence-electron chi connectivity index (χ4n) is 1.09. The van der Waals surface area contributed by atoms with Crippen LogP contribution in [0.25, 0.3) is 0 Å². The van der Waals surface area contributed by atoms with E-state index < -0.39 is 12.1 Å². The summed E-state index contributed by atoms with van der Waals surface area (Å²) in [6.45, 7) is 3.00. The van der Waals surface area contributed by atoms with Gasteiger partial charge in [-0.25, -0.2) is 4.79 Å². The van der Waals surface area contributed by atoms with Crippen LogP contribution in [0, 0.1) is 5.92 Å². The highest BCUT2D eigenvalue weighted by molar-refractivity contribution is 5.76. The summed E-state index contributed by atoms with van der Waals surface area (Å²) in [5.74, 6) is -1.27. The van der Waals surface area contributed by atoms with E-state index in [2.05, 4.69) is 5.32 Å². The highest BCUT2D eigenvalue weighted by atomic mass is 16.4. The number of hydrogen-bond acceptors (Lipinski definition) is 4. The molecule has 1 aliphatic heterocycles. The summed E-state index contributed by atoms with van der Waals surface area (Å²) in [6.07, 6.45) is 0.806. The number of carbonyl (C=O) groups excluding carboxylic acids is 1. The van der Waals surface area contributed by atoms with Crippen molar-refractivity contribution in [2.24, 2.45) is 11.7 Å². The van der Waals surface area contributed by atoms with Crippen molar-refractivity contribution in [3.63, 3.8) is 0 Å². The molecule has 1 aliphatic rings. The van der Waals surface area contributed by atoms with E-state index in [1.165, 1.54) is 6.92 Å². The van der Waals surface area contributed by atoms with Gasteiger partial charge in [-0.2, -0.15) is 0 Å². The van der Waals surface area contributed by atoms with Gasteiger partial charge in [0.2, 0.25) is 5.91 Å². The number of aliphatic hydroxyl groups is 1. The van der Waals surface area contributed by atoms with Crippen molar-refractivity contribution in [2.75, 3.05) is 13.1 Å². The van der Waals surface area contributed by atoms with Gasteiger partial charge in [0, 0.05) is 6.54 Å². The number of rotatable bonds is 2. The number of aliphatic hydroxyl groups excluding tert-OH is 1. The van der Waals surface area contributed by atoms with Gasteiger partial charge in [-0.1, -0.05) is 0 Å². The Labute approximate surface area is 88.5 Å². The summed E-state index contributed by atoms with van der Waals surface area (Å²) in [6, 6.07) is 0. The summed E-state index contributed by atoms with van der Waals surface area (Å²) >= 11 is 0. The fourth-order valence-corrected chi connectivity index (χ4v) is 1.09. The first-order chi connectivity index (χ1) is 6.95. The van der Waals surface area contributed by atoms with Crippen molar-refractivity contribution in [1.29, 1.82) is 0 Å².